The van der Waals surface area contributed by atoms with Crippen molar-refractivity contribution in [2.24, 2.45) is 0 Å². The summed E-state index contributed by atoms with van der Waals surface area (Å²) in [6.07, 6.45) is 19.2. The lowest BCUT2D eigenvalue weighted by Crippen LogP contribution is -2.22. The van der Waals surface area contributed by atoms with Crippen LogP contribution in [0.5, 0.6) is 0 Å². The van der Waals surface area contributed by atoms with Crippen LogP contribution < -0.4 is 5.32 Å². The van der Waals surface area contributed by atoms with Crippen LogP contribution in [0.3, 0.4) is 0 Å². The van der Waals surface area contributed by atoms with Gasteiger partial charge in [0.1, 0.15) is 12.7 Å². The summed E-state index contributed by atoms with van der Waals surface area (Å²) >= 11 is 0. The first kappa shape index (κ1) is 29.4. The molecule has 1 rings (SSSR count). The summed E-state index contributed by atoms with van der Waals surface area (Å²) in [4.78, 5) is 11.6. The van der Waals surface area contributed by atoms with E-state index in [0.29, 0.717) is 6.42 Å². The lowest BCUT2D eigenvalue weighted by Gasteiger charge is -2.09. The molecule has 0 saturated carbocycles. The molecular formula is C28H49NO4. The summed E-state index contributed by atoms with van der Waals surface area (Å²) in [5, 5.41) is 21.4. The number of aliphatic hydroxyl groups is 2. The molecule has 0 amide bonds. The molecule has 0 aromatic heterocycles. The Kier molecular flexibility index (Phi) is 18.7. The van der Waals surface area contributed by atoms with Crippen LogP contribution in [0.25, 0.3) is 0 Å². The molecule has 1 aromatic rings. The summed E-state index contributed by atoms with van der Waals surface area (Å²) < 4.78 is 4.92. The van der Waals surface area contributed by atoms with Crippen LogP contribution in [-0.2, 0) is 16.0 Å². The van der Waals surface area contributed by atoms with Crippen LogP contribution in [0, 0.1) is 0 Å². The summed E-state index contributed by atoms with van der Waals surface area (Å²) in [7, 11) is 0. The van der Waals surface area contributed by atoms with Crippen LogP contribution in [-0.4, -0.2) is 42.0 Å². The smallest absolute Gasteiger partial charge is 0.306 e. The van der Waals surface area contributed by atoms with Crippen LogP contribution in [0.15, 0.2) is 24.3 Å². The molecule has 0 saturated heterocycles. The van der Waals surface area contributed by atoms with E-state index in [0.717, 1.165) is 17.8 Å². The fraction of sp³-hybridized carbons (Fsp3) is 0.750. The molecule has 1 atom stereocenters. The van der Waals surface area contributed by atoms with Crippen LogP contribution >= 0.6 is 0 Å². The number of nitrogens with one attached hydrogen (secondary N) is 1. The fourth-order valence-electron chi connectivity index (χ4n) is 3.90. The van der Waals surface area contributed by atoms with Gasteiger partial charge in [-0.2, -0.15) is 0 Å². The predicted octanol–water partition coefficient (Wildman–Crippen LogP) is 6.41. The zero-order valence-electron chi connectivity index (χ0n) is 21.0. The Morgan fingerprint density at radius 2 is 1.36 bits per heavy atom. The minimum absolute atomic E-state index is 0.155. The SMILES string of the molecule is CCCCCCCCCCCCCCCCNc1ccc(CCC(=O)OCC(O)CO)cc1. The Labute approximate surface area is 202 Å². The molecule has 5 nitrogen and oxygen atoms in total. The van der Waals surface area contributed by atoms with Crippen LogP contribution in [0.2, 0.25) is 0 Å². The number of rotatable bonds is 22. The topological polar surface area (TPSA) is 78.8 Å². The largest absolute Gasteiger partial charge is 0.463 e. The lowest BCUT2D eigenvalue weighted by atomic mass is 10.0. The van der Waals surface area contributed by atoms with Crippen molar-refractivity contribution in [3.8, 4) is 0 Å². The van der Waals surface area contributed by atoms with Crippen LogP contribution in [0.4, 0.5) is 5.69 Å². The minimum Gasteiger partial charge on any atom is -0.463 e. The molecular weight excluding hydrogens is 414 g/mol. The maximum absolute atomic E-state index is 11.6. The summed E-state index contributed by atoms with van der Waals surface area (Å²) in [6, 6.07) is 8.17. The number of hydrogen-bond donors (Lipinski definition) is 3. The molecule has 0 heterocycles. The van der Waals surface area contributed by atoms with Gasteiger partial charge in [0.15, 0.2) is 0 Å². The molecule has 1 unspecified atom stereocenters. The molecule has 1 aromatic carbocycles. The van der Waals surface area contributed by atoms with Crippen molar-refractivity contribution in [3.05, 3.63) is 29.8 Å². The number of carbonyl (C=O) groups excluding carboxylic acids is 1. The highest BCUT2D eigenvalue weighted by atomic mass is 16.5. The molecule has 33 heavy (non-hydrogen) atoms. The van der Waals surface area contributed by atoms with E-state index in [2.05, 4.69) is 24.4 Å². The third-order valence-corrected chi connectivity index (χ3v) is 6.08. The second-order valence-corrected chi connectivity index (χ2v) is 9.24. The normalized spacial score (nSPS) is 12.0. The lowest BCUT2D eigenvalue weighted by molar-refractivity contribution is -0.147. The number of carbonyl (C=O) groups is 1. The number of esters is 1. The van der Waals surface area contributed by atoms with E-state index in [1.165, 1.54) is 89.9 Å². The third kappa shape index (κ3) is 17.5. The van der Waals surface area contributed by atoms with Gasteiger partial charge in [-0.15, -0.1) is 0 Å². The Balaban J connectivity index is 1.93. The van der Waals surface area contributed by atoms with Gasteiger partial charge >= 0.3 is 5.97 Å². The molecule has 0 aliphatic heterocycles. The standard InChI is InChI=1S/C28H49NO4/c1-2-3-4-5-6-7-8-9-10-11-12-13-14-15-22-29-26-19-16-25(17-20-26)18-21-28(32)33-24-27(31)23-30/h16-17,19-20,27,29-31H,2-15,18,21-24H2,1H3. The van der Waals surface area contributed by atoms with Crippen molar-refractivity contribution in [2.75, 3.05) is 25.1 Å². The van der Waals surface area contributed by atoms with Gasteiger partial charge in [-0.1, -0.05) is 103 Å². The molecule has 0 fully saturated rings. The first-order chi connectivity index (χ1) is 16.2. The Hall–Kier alpha value is -1.59. The summed E-state index contributed by atoms with van der Waals surface area (Å²) in [6.45, 7) is 2.72. The van der Waals surface area contributed by atoms with E-state index in [1.807, 2.05) is 12.1 Å². The second kappa shape index (κ2) is 21.0. The number of ether oxygens (including phenoxy) is 1. The maximum Gasteiger partial charge on any atom is 0.306 e. The number of benzene rings is 1. The van der Waals surface area contributed by atoms with E-state index >= 15 is 0 Å². The van der Waals surface area contributed by atoms with Gasteiger partial charge in [0, 0.05) is 18.7 Å². The van der Waals surface area contributed by atoms with Gasteiger partial charge in [0.2, 0.25) is 0 Å². The second-order valence-electron chi connectivity index (χ2n) is 9.24. The van der Waals surface area contributed by atoms with Crippen molar-refractivity contribution in [2.45, 2.75) is 116 Å². The Morgan fingerprint density at radius 1 is 0.848 bits per heavy atom. The van der Waals surface area contributed by atoms with Crippen molar-refractivity contribution in [1.29, 1.82) is 0 Å². The average Bonchev–Trinajstić information content (AvgIpc) is 2.84. The molecule has 3 N–H and O–H groups in total. The molecule has 0 bridgehead atoms. The quantitative estimate of drug-likeness (QED) is 0.137. The average molecular weight is 464 g/mol. The van der Waals surface area contributed by atoms with Gasteiger partial charge in [0.05, 0.1) is 6.61 Å². The number of aryl methyl sites for hydroxylation is 1. The Bertz CT molecular complexity index is 576. The van der Waals surface area contributed by atoms with E-state index in [1.54, 1.807) is 0 Å². The first-order valence-electron chi connectivity index (χ1n) is 13.4. The highest BCUT2D eigenvalue weighted by Gasteiger charge is 2.08. The number of aliphatic hydroxyl groups excluding tert-OH is 2. The maximum atomic E-state index is 11.6. The summed E-state index contributed by atoms with van der Waals surface area (Å²) in [5.74, 6) is -0.359. The molecule has 0 aliphatic rings. The first-order valence-corrected chi connectivity index (χ1v) is 13.4. The molecule has 0 spiro atoms. The molecule has 190 valence electrons. The summed E-state index contributed by atoms with van der Waals surface area (Å²) in [5.41, 5.74) is 2.19. The Morgan fingerprint density at radius 3 is 1.88 bits per heavy atom. The zero-order valence-corrected chi connectivity index (χ0v) is 21.0. The van der Waals surface area contributed by atoms with Gasteiger partial charge < -0.3 is 20.3 Å². The van der Waals surface area contributed by atoms with E-state index in [-0.39, 0.29) is 19.0 Å². The van der Waals surface area contributed by atoms with Gasteiger partial charge in [0.25, 0.3) is 0 Å². The van der Waals surface area contributed by atoms with Gasteiger partial charge in [-0.3, -0.25) is 4.79 Å². The van der Waals surface area contributed by atoms with Gasteiger partial charge in [-0.25, -0.2) is 0 Å². The predicted molar refractivity (Wildman–Crippen MR) is 138 cm³/mol. The van der Waals surface area contributed by atoms with Crippen molar-refractivity contribution >= 4 is 11.7 Å². The van der Waals surface area contributed by atoms with Gasteiger partial charge in [-0.05, 0) is 30.5 Å². The number of anilines is 1. The molecule has 0 radical (unpaired) electrons. The third-order valence-electron chi connectivity index (χ3n) is 6.08. The number of hydrogen-bond acceptors (Lipinski definition) is 5. The van der Waals surface area contributed by atoms with Crippen molar-refractivity contribution in [1.82, 2.24) is 0 Å². The zero-order chi connectivity index (χ0) is 24.0. The van der Waals surface area contributed by atoms with E-state index < -0.39 is 12.7 Å². The highest BCUT2D eigenvalue weighted by Crippen LogP contribution is 2.14. The molecule has 5 heteroatoms. The van der Waals surface area contributed by atoms with Crippen molar-refractivity contribution in [3.63, 3.8) is 0 Å². The van der Waals surface area contributed by atoms with Crippen LogP contribution in [0.1, 0.15) is 109 Å². The minimum atomic E-state index is -1.00. The molecule has 0 aliphatic carbocycles. The fourth-order valence-corrected chi connectivity index (χ4v) is 3.90. The van der Waals surface area contributed by atoms with Crippen molar-refractivity contribution < 1.29 is 19.7 Å². The number of unbranched alkanes of at least 4 members (excludes halogenated alkanes) is 13. The van der Waals surface area contributed by atoms with E-state index in [9.17, 15) is 9.90 Å². The monoisotopic (exact) mass is 463 g/mol. The van der Waals surface area contributed by atoms with E-state index in [4.69, 9.17) is 9.84 Å². The highest BCUT2D eigenvalue weighted by molar-refractivity contribution is 5.69.